The summed E-state index contributed by atoms with van der Waals surface area (Å²) in [5.74, 6) is 0.412. The molecule has 0 saturated carbocycles. The van der Waals surface area contributed by atoms with Crippen LogP contribution in [-0.4, -0.2) is 38.3 Å². The summed E-state index contributed by atoms with van der Waals surface area (Å²) in [5, 5.41) is 8.82. The predicted octanol–water partition coefficient (Wildman–Crippen LogP) is 3.50. The summed E-state index contributed by atoms with van der Waals surface area (Å²) >= 11 is 0. The van der Waals surface area contributed by atoms with E-state index in [-0.39, 0.29) is 16.3 Å². The molecule has 0 unspecified atom stereocenters. The average Bonchev–Trinajstić information content (AvgIpc) is 2.68. The molecule has 0 atom stereocenters. The smallest absolute Gasteiger partial charge is 0.295 e. The summed E-state index contributed by atoms with van der Waals surface area (Å²) in [5.41, 5.74) is 6.89. The van der Waals surface area contributed by atoms with Crippen molar-refractivity contribution in [1.82, 2.24) is 4.98 Å². The fraction of sp³-hybridized carbons (Fsp3) is 0.167. The lowest BCUT2D eigenvalue weighted by atomic mass is 10.1. The summed E-state index contributed by atoms with van der Waals surface area (Å²) in [6.45, 7) is 0.816. The second-order valence-corrected chi connectivity index (χ2v) is 7.11. The number of nitrogens with two attached hydrogens (primary N) is 1. The van der Waals surface area contributed by atoms with Crippen molar-refractivity contribution >= 4 is 38.0 Å². The zero-order chi connectivity index (χ0) is 20.1. The van der Waals surface area contributed by atoms with Crippen LogP contribution < -0.4 is 10.5 Å². The van der Waals surface area contributed by atoms with Gasteiger partial charge in [-0.3, -0.25) is 4.55 Å². The lowest BCUT2D eigenvalue weighted by Gasteiger charge is -2.09. The fourth-order valence-corrected chi connectivity index (χ4v) is 3.22. The molecule has 9 nitrogen and oxygen atoms in total. The van der Waals surface area contributed by atoms with E-state index >= 15 is 0 Å². The zero-order valence-corrected chi connectivity index (χ0v) is 15.8. The van der Waals surface area contributed by atoms with Gasteiger partial charge in [-0.1, -0.05) is 24.3 Å². The van der Waals surface area contributed by atoms with Gasteiger partial charge in [0.2, 0.25) is 5.88 Å². The Morgan fingerprint density at radius 2 is 1.86 bits per heavy atom. The van der Waals surface area contributed by atoms with Crippen molar-refractivity contribution < 1.29 is 22.4 Å². The number of rotatable bonds is 7. The maximum atomic E-state index is 11.7. The number of ether oxygens (including phenoxy) is 2. The van der Waals surface area contributed by atoms with Crippen molar-refractivity contribution in [3.8, 4) is 5.88 Å². The molecule has 0 spiro atoms. The number of nitrogens with zero attached hydrogens (tertiary/aromatic N) is 3. The second-order valence-electron chi connectivity index (χ2n) is 5.72. The van der Waals surface area contributed by atoms with Gasteiger partial charge in [0.1, 0.15) is 22.9 Å². The summed E-state index contributed by atoms with van der Waals surface area (Å²) < 4.78 is 43.3. The minimum absolute atomic E-state index is 0.117. The van der Waals surface area contributed by atoms with E-state index in [4.69, 9.17) is 15.2 Å². The molecule has 28 heavy (non-hydrogen) atoms. The van der Waals surface area contributed by atoms with Gasteiger partial charge in [0.15, 0.2) is 0 Å². The van der Waals surface area contributed by atoms with Crippen molar-refractivity contribution in [2.24, 2.45) is 10.2 Å². The van der Waals surface area contributed by atoms with Crippen molar-refractivity contribution in [2.75, 3.05) is 26.1 Å². The van der Waals surface area contributed by atoms with E-state index in [0.717, 1.165) is 0 Å². The number of methoxy groups -OCH3 is 1. The maximum Gasteiger partial charge on any atom is 0.295 e. The Morgan fingerprint density at radius 1 is 1.11 bits per heavy atom. The van der Waals surface area contributed by atoms with Crippen LogP contribution in [0.25, 0.3) is 10.8 Å². The third-order valence-corrected chi connectivity index (χ3v) is 4.73. The molecule has 1 heterocycles. The van der Waals surface area contributed by atoms with Crippen LogP contribution >= 0.6 is 0 Å². The summed E-state index contributed by atoms with van der Waals surface area (Å²) in [6.07, 6.45) is 1.45. The highest BCUT2D eigenvalue weighted by Crippen LogP contribution is 2.36. The van der Waals surface area contributed by atoms with E-state index in [9.17, 15) is 13.0 Å². The number of benzene rings is 2. The normalized spacial score (nSPS) is 11.9. The Bertz CT molecular complexity index is 1110. The predicted molar refractivity (Wildman–Crippen MR) is 104 cm³/mol. The topological polar surface area (TPSA) is 136 Å². The molecule has 146 valence electrons. The molecule has 0 aliphatic carbocycles. The summed E-state index contributed by atoms with van der Waals surface area (Å²) in [6, 6.07) is 11.0. The number of azo groups is 1. The van der Waals surface area contributed by atoms with E-state index in [1.54, 1.807) is 43.5 Å². The van der Waals surface area contributed by atoms with E-state index in [2.05, 4.69) is 15.2 Å². The molecule has 0 radical (unpaired) electrons. The van der Waals surface area contributed by atoms with Gasteiger partial charge in [-0.15, -0.1) is 10.2 Å². The first kappa shape index (κ1) is 19.7. The highest BCUT2D eigenvalue weighted by Gasteiger charge is 2.18. The van der Waals surface area contributed by atoms with Crippen LogP contribution in [0.5, 0.6) is 5.88 Å². The number of pyridine rings is 1. The Morgan fingerprint density at radius 3 is 2.50 bits per heavy atom. The zero-order valence-electron chi connectivity index (χ0n) is 14.9. The molecule has 3 rings (SSSR count). The molecule has 0 aliphatic heterocycles. The molecule has 10 heteroatoms. The molecule has 3 aromatic rings. The highest BCUT2D eigenvalue weighted by atomic mass is 32.2. The van der Waals surface area contributed by atoms with Gasteiger partial charge >= 0.3 is 0 Å². The Balaban J connectivity index is 1.93. The molecule has 1 aromatic heterocycles. The quantitative estimate of drug-likeness (QED) is 0.267. The van der Waals surface area contributed by atoms with E-state index < -0.39 is 10.1 Å². The van der Waals surface area contributed by atoms with Gasteiger partial charge in [0, 0.05) is 23.9 Å². The highest BCUT2D eigenvalue weighted by molar-refractivity contribution is 7.86. The first-order chi connectivity index (χ1) is 13.4. The minimum Gasteiger partial charge on any atom is -0.475 e. The maximum absolute atomic E-state index is 11.7. The molecule has 0 bridgehead atoms. The number of fused-ring (bicyclic) bond motifs is 1. The molecule has 0 amide bonds. The number of anilines is 1. The molecular formula is C18H18N4O5S. The van der Waals surface area contributed by atoms with Crippen LogP contribution in [0.15, 0.2) is 63.8 Å². The summed E-state index contributed by atoms with van der Waals surface area (Å²) in [7, 11) is -2.89. The van der Waals surface area contributed by atoms with Crippen molar-refractivity contribution in [3.63, 3.8) is 0 Å². The van der Waals surface area contributed by atoms with Crippen LogP contribution in [-0.2, 0) is 14.9 Å². The van der Waals surface area contributed by atoms with Crippen molar-refractivity contribution in [2.45, 2.75) is 4.90 Å². The molecule has 0 saturated heterocycles. The molecule has 3 N–H and O–H groups in total. The lowest BCUT2D eigenvalue weighted by molar-refractivity contribution is 0.144. The third-order valence-electron chi connectivity index (χ3n) is 3.84. The largest absolute Gasteiger partial charge is 0.475 e. The van der Waals surface area contributed by atoms with Crippen LogP contribution in [0.1, 0.15) is 0 Å². The Labute approximate surface area is 161 Å². The van der Waals surface area contributed by atoms with Gasteiger partial charge in [-0.25, -0.2) is 4.98 Å². The SMILES string of the molecule is COCCOc1ccc(/N=N/c2cc(S(=O)(=O)O)c3ccccc3c2N)cn1. The molecule has 2 aromatic carbocycles. The second kappa shape index (κ2) is 8.30. The standard InChI is InChI=1S/C18H18N4O5S/c1-26-8-9-27-17-7-6-12(11-20-17)21-22-15-10-16(28(23,24)25)13-4-2-3-5-14(13)18(15)19/h2-7,10-11H,8-9,19H2,1H3,(H,23,24,25)/b22-21+. The summed E-state index contributed by atoms with van der Waals surface area (Å²) in [4.78, 5) is 3.81. The van der Waals surface area contributed by atoms with Crippen LogP contribution in [0.3, 0.4) is 0 Å². The van der Waals surface area contributed by atoms with E-state index in [1.807, 2.05) is 0 Å². The first-order valence-electron chi connectivity index (χ1n) is 8.18. The van der Waals surface area contributed by atoms with Crippen molar-refractivity contribution in [3.05, 3.63) is 48.7 Å². The average molecular weight is 402 g/mol. The fourth-order valence-electron chi connectivity index (χ4n) is 2.50. The van der Waals surface area contributed by atoms with Gasteiger partial charge in [-0.05, 0) is 12.1 Å². The monoisotopic (exact) mass is 402 g/mol. The van der Waals surface area contributed by atoms with Crippen LogP contribution in [0.4, 0.5) is 17.1 Å². The van der Waals surface area contributed by atoms with E-state index in [0.29, 0.717) is 35.6 Å². The lowest BCUT2D eigenvalue weighted by Crippen LogP contribution is -2.04. The van der Waals surface area contributed by atoms with Gasteiger partial charge < -0.3 is 15.2 Å². The molecular weight excluding hydrogens is 384 g/mol. The number of aromatic nitrogens is 1. The van der Waals surface area contributed by atoms with Crippen molar-refractivity contribution in [1.29, 1.82) is 0 Å². The Hall–Kier alpha value is -3.08. The first-order valence-corrected chi connectivity index (χ1v) is 9.62. The molecule has 0 aliphatic rings. The third kappa shape index (κ3) is 4.42. The van der Waals surface area contributed by atoms with E-state index in [1.165, 1.54) is 12.3 Å². The van der Waals surface area contributed by atoms with Gasteiger partial charge in [0.05, 0.1) is 18.5 Å². The van der Waals surface area contributed by atoms with Gasteiger partial charge in [-0.2, -0.15) is 8.42 Å². The van der Waals surface area contributed by atoms with Gasteiger partial charge in [0.25, 0.3) is 10.1 Å². The number of hydrogen-bond donors (Lipinski definition) is 2. The number of nitrogen functional groups attached to an aromatic ring is 1. The van der Waals surface area contributed by atoms with Crippen LogP contribution in [0.2, 0.25) is 0 Å². The minimum atomic E-state index is -4.46. The number of hydrogen-bond acceptors (Lipinski definition) is 8. The van der Waals surface area contributed by atoms with Crippen LogP contribution in [0, 0.1) is 0 Å². The molecule has 0 fully saturated rings. The Kier molecular flexibility index (Phi) is 5.83.